The van der Waals surface area contributed by atoms with E-state index >= 15 is 0 Å². The summed E-state index contributed by atoms with van der Waals surface area (Å²) in [6.07, 6.45) is 1.80. The Bertz CT molecular complexity index is 1930. The molecule has 4 aromatic rings. The zero-order valence-electron chi connectivity index (χ0n) is 23.3. The third-order valence-corrected chi connectivity index (χ3v) is 9.13. The van der Waals surface area contributed by atoms with Gasteiger partial charge in [0.15, 0.2) is 4.80 Å². The number of non-ortho nitro benzene ring substituents is 1. The number of benzene rings is 3. The number of aromatic nitrogens is 1. The van der Waals surface area contributed by atoms with Gasteiger partial charge in [0.1, 0.15) is 12.4 Å². The summed E-state index contributed by atoms with van der Waals surface area (Å²) in [7, 11) is 0. The molecular weight excluding hydrogens is 749 g/mol. The number of rotatable bonds is 8. The van der Waals surface area contributed by atoms with E-state index in [-0.39, 0.29) is 24.5 Å². The second-order valence-electron chi connectivity index (χ2n) is 9.74. The molecule has 2 heterocycles. The van der Waals surface area contributed by atoms with Gasteiger partial charge in [0.05, 0.1) is 41.4 Å². The van der Waals surface area contributed by atoms with Gasteiger partial charge in [-0.1, -0.05) is 41.2 Å². The normalized spacial score (nSPS) is 14.7. The summed E-state index contributed by atoms with van der Waals surface area (Å²) in [6.45, 7) is 5.93. The van der Waals surface area contributed by atoms with Crippen LogP contribution in [0.5, 0.6) is 5.75 Å². The van der Waals surface area contributed by atoms with E-state index in [1.807, 2.05) is 43.3 Å². The monoisotopic (exact) mass is 773 g/mol. The van der Waals surface area contributed by atoms with Gasteiger partial charge in [0.25, 0.3) is 11.2 Å². The van der Waals surface area contributed by atoms with E-state index < -0.39 is 16.9 Å². The second-order valence-corrected chi connectivity index (χ2v) is 12.8. The summed E-state index contributed by atoms with van der Waals surface area (Å²) in [6, 6.07) is 17.0. The quantitative estimate of drug-likeness (QED) is 0.0946. The van der Waals surface area contributed by atoms with Crippen molar-refractivity contribution in [2.24, 2.45) is 4.99 Å². The Morgan fingerprint density at radius 2 is 1.86 bits per heavy atom. The van der Waals surface area contributed by atoms with Crippen molar-refractivity contribution in [2.75, 3.05) is 6.61 Å². The van der Waals surface area contributed by atoms with Crippen molar-refractivity contribution in [2.45, 2.75) is 33.4 Å². The predicted octanol–water partition coefficient (Wildman–Crippen LogP) is 5.96. The van der Waals surface area contributed by atoms with Crippen LogP contribution in [0.3, 0.4) is 0 Å². The maximum absolute atomic E-state index is 13.9. The summed E-state index contributed by atoms with van der Waals surface area (Å²) in [5.41, 5.74) is 4.05. The van der Waals surface area contributed by atoms with Crippen molar-refractivity contribution in [3.8, 4) is 5.75 Å². The number of aryl methyl sites for hydroxylation is 1. The summed E-state index contributed by atoms with van der Waals surface area (Å²) < 4.78 is 14.9. The SMILES string of the molecule is CCOC(=O)C1=C(C)N=c2s/c(=C/c3cc(Br)c(OCc4ccc([N+](=O)[O-])cc4)c(I)c3)c(=O)n2[C@H]1c1ccc(C)cc1. The van der Waals surface area contributed by atoms with Crippen LogP contribution in [-0.2, 0) is 16.1 Å². The lowest BCUT2D eigenvalue weighted by atomic mass is 9.95. The third kappa shape index (κ3) is 6.50. The summed E-state index contributed by atoms with van der Waals surface area (Å²) >= 11 is 7.02. The lowest BCUT2D eigenvalue weighted by Crippen LogP contribution is -2.39. The van der Waals surface area contributed by atoms with Crippen LogP contribution in [0.4, 0.5) is 5.69 Å². The number of halogens is 2. The molecule has 0 spiro atoms. The summed E-state index contributed by atoms with van der Waals surface area (Å²) in [4.78, 5) is 42.6. The van der Waals surface area contributed by atoms with Crippen molar-refractivity contribution in [1.29, 1.82) is 0 Å². The number of nitrogens with zero attached hydrogens (tertiary/aromatic N) is 3. The fourth-order valence-electron chi connectivity index (χ4n) is 4.68. The molecule has 1 atom stereocenters. The van der Waals surface area contributed by atoms with Crippen LogP contribution in [0, 0.1) is 20.6 Å². The average molecular weight is 774 g/mol. The zero-order valence-corrected chi connectivity index (χ0v) is 27.9. The van der Waals surface area contributed by atoms with E-state index in [1.54, 1.807) is 36.6 Å². The van der Waals surface area contributed by atoms with Gasteiger partial charge in [-0.25, -0.2) is 9.79 Å². The highest BCUT2D eigenvalue weighted by Crippen LogP contribution is 2.34. The molecular formula is C31H25BrIN3O6S. The van der Waals surface area contributed by atoms with Gasteiger partial charge in [-0.05, 0) is 106 Å². The molecule has 5 rings (SSSR count). The van der Waals surface area contributed by atoms with Crippen molar-refractivity contribution < 1.29 is 19.2 Å². The lowest BCUT2D eigenvalue weighted by Gasteiger charge is -2.24. The van der Waals surface area contributed by atoms with Crippen molar-refractivity contribution in [3.05, 3.63) is 132 Å². The fraction of sp³-hybridized carbons (Fsp3) is 0.194. The third-order valence-electron chi connectivity index (χ3n) is 6.76. The topological polar surface area (TPSA) is 113 Å². The molecule has 0 amide bonds. The summed E-state index contributed by atoms with van der Waals surface area (Å²) in [5, 5.41) is 10.9. The number of hydrogen-bond donors (Lipinski definition) is 0. The first-order chi connectivity index (χ1) is 20.6. The molecule has 0 aliphatic carbocycles. The van der Waals surface area contributed by atoms with E-state index in [0.29, 0.717) is 30.8 Å². The van der Waals surface area contributed by atoms with Crippen molar-refractivity contribution >= 4 is 67.6 Å². The minimum Gasteiger partial charge on any atom is -0.487 e. The zero-order chi connectivity index (χ0) is 30.8. The molecule has 0 unspecified atom stereocenters. The van der Waals surface area contributed by atoms with Crippen molar-refractivity contribution in [1.82, 2.24) is 4.57 Å². The number of hydrogen-bond acceptors (Lipinski definition) is 8. The first-order valence-corrected chi connectivity index (χ1v) is 15.9. The number of nitro groups is 1. The van der Waals surface area contributed by atoms with Crippen LogP contribution >= 0.6 is 49.9 Å². The Kier molecular flexibility index (Phi) is 9.28. The summed E-state index contributed by atoms with van der Waals surface area (Å²) in [5.74, 6) is 0.123. The van der Waals surface area contributed by atoms with E-state index in [0.717, 1.165) is 25.8 Å². The smallest absolute Gasteiger partial charge is 0.338 e. The highest BCUT2D eigenvalue weighted by atomic mass is 127. The molecule has 12 heteroatoms. The number of fused-ring (bicyclic) bond motifs is 1. The highest BCUT2D eigenvalue weighted by Gasteiger charge is 2.33. The number of allylic oxidation sites excluding steroid dienone is 1. The van der Waals surface area contributed by atoms with Crippen LogP contribution in [-0.4, -0.2) is 22.1 Å². The number of thiazole rings is 1. The number of nitro benzene ring substituents is 1. The van der Waals surface area contributed by atoms with Gasteiger partial charge in [-0.3, -0.25) is 19.5 Å². The van der Waals surface area contributed by atoms with Gasteiger partial charge in [0.2, 0.25) is 0 Å². The minimum atomic E-state index is -0.667. The molecule has 220 valence electrons. The van der Waals surface area contributed by atoms with Gasteiger partial charge in [-0.15, -0.1) is 0 Å². The fourth-order valence-corrected chi connectivity index (χ4v) is 7.49. The number of ether oxygens (including phenoxy) is 2. The molecule has 0 bridgehead atoms. The van der Waals surface area contributed by atoms with E-state index in [1.165, 1.54) is 23.5 Å². The van der Waals surface area contributed by atoms with Gasteiger partial charge in [-0.2, -0.15) is 0 Å². The molecule has 1 aromatic heterocycles. The van der Waals surface area contributed by atoms with Gasteiger partial charge < -0.3 is 9.47 Å². The first-order valence-electron chi connectivity index (χ1n) is 13.2. The molecule has 0 saturated heterocycles. The Morgan fingerprint density at radius 3 is 2.49 bits per heavy atom. The average Bonchev–Trinajstić information content (AvgIpc) is 3.26. The molecule has 1 aliphatic heterocycles. The molecule has 0 saturated carbocycles. The molecule has 1 aliphatic rings. The molecule has 0 fully saturated rings. The first kappa shape index (κ1) is 30.8. The standard InChI is InChI=1S/C31H25BrIN3O6S/c1-4-41-30(38)26-18(3)34-31-35(27(26)21-9-5-17(2)6-10-21)29(37)25(43-31)15-20-13-23(32)28(24(33)14-20)42-16-19-7-11-22(12-8-19)36(39)40/h5-15,27H,4,16H2,1-3H3/b25-15+/t27-/m0/s1. The van der Waals surface area contributed by atoms with Crippen LogP contribution in [0.2, 0.25) is 0 Å². The number of carbonyl (C=O) groups excluding carboxylic acids is 1. The maximum Gasteiger partial charge on any atom is 0.338 e. The van der Waals surface area contributed by atoms with E-state index in [9.17, 15) is 19.7 Å². The second kappa shape index (κ2) is 12.9. The molecule has 43 heavy (non-hydrogen) atoms. The Morgan fingerprint density at radius 1 is 1.16 bits per heavy atom. The lowest BCUT2D eigenvalue weighted by molar-refractivity contribution is -0.384. The number of carbonyl (C=O) groups is 1. The molecule has 9 nitrogen and oxygen atoms in total. The Labute approximate surface area is 272 Å². The van der Waals surface area contributed by atoms with Crippen LogP contribution in [0.1, 0.15) is 42.1 Å². The largest absolute Gasteiger partial charge is 0.487 e. The minimum absolute atomic E-state index is 0.0200. The Balaban J connectivity index is 1.51. The van der Waals surface area contributed by atoms with Gasteiger partial charge >= 0.3 is 5.97 Å². The molecule has 3 aromatic carbocycles. The van der Waals surface area contributed by atoms with Crippen molar-refractivity contribution in [3.63, 3.8) is 0 Å². The van der Waals surface area contributed by atoms with Crippen LogP contribution in [0.15, 0.2) is 86.2 Å². The van der Waals surface area contributed by atoms with E-state index in [2.05, 4.69) is 43.5 Å². The predicted molar refractivity (Wildman–Crippen MR) is 176 cm³/mol. The number of esters is 1. The van der Waals surface area contributed by atoms with Crippen LogP contribution < -0.4 is 19.6 Å². The Hall–Kier alpha value is -3.62. The van der Waals surface area contributed by atoms with E-state index in [4.69, 9.17) is 9.47 Å². The molecule has 0 radical (unpaired) electrons. The molecule has 0 N–H and O–H groups in total. The maximum atomic E-state index is 13.9. The van der Waals surface area contributed by atoms with Crippen LogP contribution in [0.25, 0.3) is 6.08 Å². The van der Waals surface area contributed by atoms with Gasteiger partial charge in [0, 0.05) is 12.1 Å². The highest BCUT2D eigenvalue weighted by molar-refractivity contribution is 14.1.